The fraction of sp³-hybridized carbons (Fsp3) is 0.467. The van der Waals surface area contributed by atoms with E-state index in [4.69, 9.17) is 9.84 Å². The van der Waals surface area contributed by atoms with E-state index in [1.54, 1.807) is 31.2 Å². The number of carbonyl (C=O) groups is 2. The van der Waals surface area contributed by atoms with Gasteiger partial charge in [0.25, 0.3) is 5.91 Å². The maximum Gasteiger partial charge on any atom is 0.329 e. The zero-order valence-electron chi connectivity index (χ0n) is 12.3. The topological polar surface area (TPSA) is 75.6 Å². The number of hydrogen-bond acceptors (Lipinski definition) is 3. The van der Waals surface area contributed by atoms with Crippen molar-refractivity contribution in [3.05, 3.63) is 29.8 Å². The Morgan fingerprint density at radius 1 is 1.30 bits per heavy atom. The highest BCUT2D eigenvalue weighted by molar-refractivity contribution is 5.97. The van der Waals surface area contributed by atoms with E-state index in [-0.39, 0.29) is 6.10 Å². The standard InChI is InChI=1S/C15H21NO4/c1-5-15(4,14(18)19)16-13(17)11-6-8-12(9-7-11)20-10(2)3/h6-10H,5H2,1-4H3,(H,16,17)(H,18,19). The fourth-order valence-electron chi connectivity index (χ4n) is 1.57. The van der Waals surface area contributed by atoms with Gasteiger partial charge in [0.1, 0.15) is 11.3 Å². The Bertz CT molecular complexity index is 481. The van der Waals surface area contributed by atoms with Crippen molar-refractivity contribution in [2.75, 3.05) is 0 Å². The van der Waals surface area contributed by atoms with Crippen molar-refractivity contribution in [1.29, 1.82) is 0 Å². The van der Waals surface area contributed by atoms with E-state index in [1.807, 2.05) is 13.8 Å². The Morgan fingerprint density at radius 3 is 2.25 bits per heavy atom. The first-order valence-corrected chi connectivity index (χ1v) is 6.61. The van der Waals surface area contributed by atoms with Crippen LogP contribution in [-0.2, 0) is 4.79 Å². The van der Waals surface area contributed by atoms with E-state index in [1.165, 1.54) is 6.92 Å². The first-order chi connectivity index (χ1) is 9.28. The second-order valence-electron chi connectivity index (χ2n) is 5.14. The van der Waals surface area contributed by atoms with E-state index in [2.05, 4.69) is 5.32 Å². The van der Waals surface area contributed by atoms with Gasteiger partial charge >= 0.3 is 5.97 Å². The summed E-state index contributed by atoms with van der Waals surface area (Å²) in [5.41, 5.74) is -0.855. The molecule has 1 aromatic rings. The molecule has 0 fully saturated rings. The summed E-state index contributed by atoms with van der Waals surface area (Å²) in [4.78, 5) is 23.2. The van der Waals surface area contributed by atoms with Crippen molar-refractivity contribution in [1.82, 2.24) is 5.32 Å². The molecule has 1 amide bonds. The van der Waals surface area contributed by atoms with Gasteiger partial charge in [0.05, 0.1) is 6.10 Å². The number of amides is 1. The van der Waals surface area contributed by atoms with E-state index in [0.29, 0.717) is 17.7 Å². The first-order valence-electron chi connectivity index (χ1n) is 6.61. The van der Waals surface area contributed by atoms with Crippen LogP contribution in [0.1, 0.15) is 44.5 Å². The van der Waals surface area contributed by atoms with Crippen LogP contribution in [0.25, 0.3) is 0 Å². The molecule has 5 heteroatoms. The molecule has 0 heterocycles. The minimum Gasteiger partial charge on any atom is -0.491 e. The van der Waals surface area contributed by atoms with E-state index in [9.17, 15) is 9.59 Å². The number of rotatable bonds is 6. The van der Waals surface area contributed by atoms with Gasteiger partial charge in [-0.2, -0.15) is 0 Å². The number of hydrogen-bond donors (Lipinski definition) is 2. The highest BCUT2D eigenvalue weighted by Gasteiger charge is 2.32. The minimum absolute atomic E-state index is 0.0602. The van der Waals surface area contributed by atoms with Gasteiger partial charge in [0, 0.05) is 5.56 Å². The lowest BCUT2D eigenvalue weighted by atomic mass is 9.98. The van der Waals surface area contributed by atoms with Gasteiger partial charge < -0.3 is 15.2 Å². The average Bonchev–Trinajstić information content (AvgIpc) is 2.38. The summed E-state index contributed by atoms with van der Waals surface area (Å²) in [6, 6.07) is 6.62. The summed E-state index contributed by atoms with van der Waals surface area (Å²) >= 11 is 0. The molecule has 110 valence electrons. The molecule has 1 unspecified atom stereocenters. The summed E-state index contributed by atoms with van der Waals surface area (Å²) in [6.45, 7) is 7.04. The maximum atomic E-state index is 12.0. The van der Waals surface area contributed by atoms with Gasteiger partial charge in [-0.25, -0.2) is 4.79 Å². The van der Waals surface area contributed by atoms with E-state index < -0.39 is 17.4 Å². The predicted molar refractivity (Wildman–Crippen MR) is 76.0 cm³/mol. The highest BCUT2D eigenvalue weighted by atomic mass is 16.5. The number of nitrogens with one attached hydrogen (secondary N) is 1. The SMILES string of the molecule is CCC(C)(NC(=O)c1ccc(OC(C)C)cc1)C(=O)O. The Morgan fingerprint density at radius 2 is 1.85 bits per heavy atom. The van der Waals surface area contributed by atoms with Gasteiger partial charge in [0.15, 0.2) is 0 Å². The Labute approximate surface area is 118 Å². The molecule has 0 saturated carbocycles. The molecular weight excluding hydrogens is 258 g/mol. The third-order valence-electron chi connectivity index (χ3n) is 3.06. The first kappa shape index (κ1) is 16.0. The third kappa shape index (κ3) is 3.98. The van der Waals surface area contributed by atoms with Gasteiger partial charge in [-0.05, 0) is 51.5 Å². The van der Waals surface area contributed by atoms with Crippen LogP contribution in [0.4, 0.5) is 0 Å². The Balaban J connectivity index is 2.80. The van der Waals surface area contributed by atoms with Crippen LogP contribution in [0.15, 0.2) is 24.3 Å². The maximum absolute atomic E-state index is 12.0. The molecule has 0 spiro atoms. The number of carboxylic acids is 1. The summed E-state index contributed by atoms with van der Waals surface area (Å²) in [6.07, 6.45) is 0.368. The number of benzene rings is 1. The summed E-state index contributed by atoms with van der Waals surface area (Å²) in [7, 11) is 0. The van der Waals surface area contributed by atoms with Crippen LogP contribution in [-0.4, -0.2) is 28.6 Å². The molecule has 20 heavy (non-hydrogen) atoms. The summed E-state index contributed by atoms with van der Waals surface area (Å²) in [5, 5.41) is 11.7. The van der Waals surface area contributed by atoms with E-state index >= 15 is 0 Å². The fourth-order valence-corrected chi connectivity index (χ4v) is 1.57. The quantitative estimate of drug-likeness (QED) is 0.838. The van der Waals surface area contributed by atoms with Crippen LogP contribution >= 0.6 is 0 Å². The largest absolute Gasteiger partial charge is 0.491 e. The lowest BCUT2D eigenvalue weighted by Crippen LogP contribution is -2.51. The zero-order valence-corrected chi connectivity index (χ0v) is 12.3. The molecule has 2 N–H and O–H groups in total. The van der Waals surface area contributed by atoms with Crippen LogP contribution in [0.5, 0.6) is 5.75 Å². The molecule has 0 aromatic heterocycles. The van der Waals surface area contributed by atoms with Crippen molar-refractivity contribution in [3.8, 4) is 5.75 Å². The summed E-state index contributed by atoms with van der Waals surface area (Å²) < 4.78 is 5.48. The minimum atomic E-state index is -1.26. The van der Waals surface area contributed by atoms with Crippen molar-refractivity contribution in [3.63, 3.8) is 0 Å². The smallest absolute Gasteiger partial charge is 0.329 e. The van der Waals surface area contributed by atoms with Crippen LogP contribution in [0, 0.1) is 0 Å². The normalized spacial score (nSPS) is 13.7. The Hall–Kier alpha value is -2.04. The zero-order chi connectivity index (χ0) is 15.3. The number of aliphatic carboxylic acids is 1. The molecule has 0 radical (unpaired) electrons. The molecule has 5 nitrogen and oxygen atoms in total. The van der Waals surface area contributed by atoms with Crippen LogP contribution < -0.4 is 10.1 Å². The molecule has 0 aliphatic rings. The monoisotopic (exact) mass is 279 g/mol. The molecular formula is C15H21NO4. The number of ether oxygens (including phenoxy) is 1. The second kappa shape index (κ2) is 6.41. The van der Waals surface area contributed by atoms with Gasteiger partial charge in [0.2, 0.25) is 0 Å². The van der Waals surface area contributed by atoms with Crippen molar-refractivity contribution < 1.29 is 19.4 Å². The predicted octanol–water partition coefficient (Wildman–Crippen LogP) is 2.46. The lowest BCUT2D eigenvalue weighted by molar-refractivity contribution is -0.143. The van der Waals surface area contributed by atoms with Gasteiger partial charge in [-0.1, -0.05) is 6.92 Å². The number of carbonyl (C=O) groups excluding carboxylic acids is 1. The molecule has 1 atom stereocenters. The molecule has 0 bridgehead atoms. The van der Waals surface area contributed by atoms with Crippen molar-refractivity contribution in [2.24, 2.45) is 0 Å². The molecule has 0 aliphatic carbocycles. The molecule has 0 aliphatic heterocycles. The highest BCUT2D eigenvalue weighted by Crippen LogP contribution is 2.15. The third-order valence-corrected chi connectivity index (χ3v) is 3.06. The number of carboxylic acid groups (broad SMARTS) is 1. The van der Waals surface area contributed by atoms with Crippen LogP contribution in [0.2, 0.25) is 0 Å². The molecule has 0 saturated heterocycles. The van der Waals surface area contributed by atoms with E-state index in [0.717, 1.165) is 0 Å². The molecule has 1 aromatic carbocycles. The van der Waals surface area contributed by atoms with Crippen LogP contribution in [0.3, 0.4) is 0 Å². The van der Waals surface area contributed by atoms with Gasteiger partial charge in [-0.3, -0.25) is 4.79 Å². The van der Waals surface area contributed by atoms with Crippen molar-refractivity contribution >= 4 is 11.9 Å². The van der Waals surface area contributed by atoms with Gasteiger partial charge in [-0.15, -0.1) is 0 Å². The van der Waals surface area contributed by atoms with Crippen molar-refractivity contribution in [2.45, 2.75) is 45.8 Å². The second-order valence-corrected chi connectivity index (χ2v) is 5.14. The Kier molecular flexibility index (Phi) is 5.13. The average molecular weight is 279 g/mol. The lowest BCUT2D eigenvalue weighted by Gasteiger charge is -2.24. The summed E-state index contributed by atoms with van der Waals surface area (Å²) in [5.74, 6) is -0.783. The molecule has 1 rings (SSSR count).